The van der Waals surface area contributed by atoms with Gasteiger partial charge < -0.3 is 4.43 Å². The molecule has 1 nitrogen and oxygen atoms in total. The third-order valence-corrected chi connectivity index (χ3v) is 7.91. The Labute approximate surface area is 95.8 Å². The molecule has 16 heavy (non-hydrogen) atoms. The Balaban J connectivity index is 2.42. The number of allylic oxidation sites excluding steroid dienone is 1. The van der Waals surface area contributed by atoms with E-state index >= 15 is 0 Å². The third kappa shape index (κ3) is 3.10. The van der Waals surface area contributed by atoms with Crippen LogP contribution in [0.4, 0.5) is 13.2 Å². The predicted molar refractivity (Wildman–Crippen MR) is 60.8 cm³/mol. The molecule has 0 saturated heterocycles. The molecule has 1 aliphatic carbocycles. The van der Waals surface area contributed by atoms with Crippen molar-refractivity contribution >= 4 is 8.32 Å². The van der Waals surface area contributed by atoms with Crippen molar-refractivity contribution in [3.63, 3.8) is 0 Å². The van der Waals surface area contributed by atoms with E-state index < -0.39 is 20.4 Å². The Morgan fingerprint density at radius 2 is 1.75 bits per heavy atom. The van der Waals surface area contributed by atoms with Gasteiger partial charge in [-0.3, -0.25) is 0 Å². The summed E-state index contributed by atoms with van der Waals surface area (Å²) in [5.41, 5.74) is 0.386. The van der Waals surface area contributed by atoms with E-state index in [1.165, 1.54) is 6.08 Å². The van der Waals surface area contributed by atoms with Crippen molar-refractivity contribution in [1.29, 1.82) is 0 Å². The summed E-state index contributed by atoms with van der Waals surface area (Å²) in [6.07, 6.45) is -2.88. The Hall–Kier alpha value is -0.293. The normalized spacial score (nSPS) is 22.0. The van der Waals surface area contributed by atoms with Crippen LogP contribution in [-0.4, -0.2) is 21.1 Å². The highest BCUT2D eigenvalue weighted by atomic mass is 28.4. The molecule has 0 aromatic heterocycles. The Bertz CT molecular complexity index is 299. The molecule has 1 rings (SSSR count). The number of alkyl halides is 3. The molecule has 0 spiro atoms. The van der Waals surface area contributed by atoms with Crippen LogP contribution in [0.25, 0.3) is 0 Å². The van der Waals surface area contributed by atoms with Gasteiger partial charge in [0.1, 0.15) is 0 Å². The molecule has 0 saturated carbocycles. The summed E-state index contributed by atoms with van der Waals surface area (Å²) in [6.45, 7) is 10.4. The predicted octanol–water partition coefficient (Wildman–Crippen LogP) is 4.13. The minimum atomic E-state index is -4.12. The average Bonchev–Trinajstić information content (AvgIpc) is 2.75. The molecule has 94 valence electrons. The zero-order valence-corrected chi connectivity index (χ0v) is 11.4. The van der Waals surface area contributed by atoms with E-state index in [9.17, 15) is 13.2 Å². The zero-order valence-electron chi connectivity index (χ0n) is 10.4. The van der Waals surface area contributed by atoms with Crippen molar-refractivity contribution in [2.45, 2.75) is 45.1 Å². The summed E-state index contributed by atoms with van der Waals surface area (Å²) >= 11 is 0. The lowest BCUT2D eigenvalue weighted by Gasteiger charge is -2.36. The fraction of sp³-hybridized carbons (Fsp3) is 0.818. The van der Waals surface area contributed by atoms with Gasteiger partial charge in [0.25, 0.3) is 0 Å². The van der Waals surface area contributed by atoms with Crippen molar-refractivity contribution in [1.82, 2.24) is 0 Å². The van der Waals surface area contributed by atoms with Gasteiger partial charge in [-0.1, -0.05) is 26.8 Å². The van der Waals surface area contributed by atoms with Crippen molar-refractivity contribution < 1.29 is 17.6 Å². The molecule has 0 heterocycles. The van der Waals surface area contributed by atoms with Gasteiger partial charge in [0.15, 0.2) is 8.32 Å². The van der Waals surface area contributed by atoms with E-state index in [1.54, 1.807) is 0 Å². The smallest absolute Gasteiger partial charge is 0.398 e. The molecular weight excluding hydrogens is 233 g/mol. The van der Waals surface area contributed by atoms with Crippen LogP contribution in [-0.2, 0) is 4.43 Å². The van der Waals surface area contributed by atoms with Crippen LogP contribution in [0.2, 0.25) is 18.1 Å². The number of halogens is 3. The molecule has 5 heteroatoms. The van der Waals surface area contributed by atoms with Crippen LogP contribution in [0.15, 0.2) is 11.6 Å². The van der Waals surface area contributed by atoms with Crippen LogP contribution in [0.3, 0.4) is 0 Å². The second kappa shape index (κ2) is 3.87. The highest BCUT2D eigenvalue weighted by Gasteiger charge is 2.49. The van der Waals surface area contributed by atoms with Crippen molar-refractivity contribution in [3.8, 4) is 0 Å². The largest absolute Gasteiger partial charge is 0.413 e. The number of hydrogen-bond acceptors (Lipinski definition) is 1. The van der Waals surface area contributed by atoms with Crippen molar-refractivity contribution in [2.24, 2.45) is 5.92 Å². The van der Waals surface area contributed by atoms with E-state index in [0.717, 1.165) is 0 Å². The fourth-order valence-electron chi connectivity index (χ4n) is 1.09. The van der Waals surface area contributed by atoms with Crippen LogP contribution in [0.5, 0.6) is 0 Å². The molecule has 1 aliphatic rings. The Morgan fingerprint density at radius 1 is 1.25 bits per heavy atom. The fourth-order valence-corrected chi connectivity index (χ4v) is 2.05. The molecule has 0 amide bonds. The highest BCUT2D eigenvalue weighted by Crippen LogP contribution is 2.44. The average molecular weight is 252 g/mol. The number of hydrogen-bond donors (Lipinski definition) is 0. The van der Waals surface area contributed by atoms with E-state index in [4.69, 9.17) is 4.43 Å². The van der Waals surface area contributed by atoms with Crippen LogP contribution in [0, 0.1) is 5.92 Å². The topological polar surface area (TPSA) is 9.23 Å². The van der Waals surface area contributed by atoms with Gasteiger partial charge in [0.2, 0.25) is 0 Å². The summed E-state index contributed by atoms with van der Waals surface area (Å²) in [7, 11) is -1.92. The number of rotatable bonds is 3. The minimum Gasteiger partial charge on any atom is -0.413 e. The summed E-state index contributed by atoms with van der Waals surface area (Å²) in [5.74, 6) is -1.32. The lowest BCUT2D eigenvalue weighted by molar-refractivity contribution is -0.142. The molecule has 1 atom stereocenters. The monoisotopic (exact) mass is 252 g/mol. The minimum absolute atomic E-state index is 0.0379. The molecule has 0 N–H and O–H groups in total. The lowest BCUT2D eigenvalue weighted by atomic mass is 10.2. The van der Waals surface area contributed by atoms with E-state index in [2.05, 4.69) is 20.8 Å². The van der Waals surface area contributed by atoms with Crippen LogP contribution in [0.1, 0.15) is 20.8 Å². The summed E-state index contributed by atoms with van der Waals surface area (Å²) < 4.78 is 42.5. The molecular formula is C11H19F3OSi. The van der Waals surface area contributed by atoms with Crippen molar-refractivity contribution in [3.05, 3.63) is 11.6 Å². The van der Waals surface area contributed by atoms with E-state index in [1.807, 2.05) is 13.1 Å². The molecule has 0 unspecified atom stereocenters. The Kier molecular flexibility index (Phi) is 3.33. The maximum absolute atomic E-state index is 12.2. The lowest BCUT2D eigenvalue weighted by Crippen LogP contribution is -2.41. The third-order valence-electron chi connectivity index (χ3n) is 3.43. The van der Waals surface area contributed by atoms with Gasteiger partial charge in [-0.05, 0) is 23.7 Å². The van der Waals surface area contributed by atoms with Gasteiger partial charge >= 0.3 is 6.18 Å². The van der Waals surface area contributed by atoms with E-state index in [0.29, 0.717) is 5.57 Å². The van der Waals surface area contributed by atoms with Gasteiger partial charge in [-0.15, -0.1) is 0 Å². The molecule has 0 radical (unpaired) electrons. The molecule has 0 bridgehead atoms. The zero-order chi connectivity index (χ0) is 12.8. The standard InChI is InChI=1S/C11H19F3OSi/c1-10(2,3)16(4,5)15-7-8-6-9(8)11(12,13)14/h6,9H,7H2,1-5H3/t9-/m0/s1. The van der Waals surface area contributed by atoms with Gasteiger partial charge in [0, 0.05) is 0 Å². The van der Waals surface area contributed by atoms with Gasteiger partial charge in [-0.25, -0.2) is 0 Å². The quantitative estimate of drug-likeness (QED) is 0.542. The summed E-state index contributed by atoms with van der Waals surface area (Å²) in [5, 5.41) is 0.0379. The SMILES string of the molecule is CC(C)(C)[Si](C)(C)OCC1=C[C@@H]1C(F)(F)F. The summed E-state index contributed by atoms with van der Waals surface area (Å²) in [6, 6.07) is 0. The molecule has 0 aromatic rings. The second-order valence-corrected chi connectivity index (χ2v) is 10.6. The van der Waals surface area contributed by atoms with Gasteiger partial charge in [0.05, 0.1) is 12.5 Å². The first-order valence-electron chi connectivity index (χ1n) is 5.36. The second-order valence-electron chi connectivity index (χ2n) is 5.81. The first-order valence-corrected chi connectivity index (χ1v) is 8.27. The first-order chi connectivity index (χ1) is 6.95. The molecule has 0 aliphatic heterocycles. The Morgan fingerprint density at radius 3 is 2.06 bits per heavy atom. The van der Waals surface area contributed by atoms with Crippen molar-refractivity contribution in [2.75, 3.05) is 6.61 Å². The maximum Gasteiger partial charge on any atom is 0.398 e. The van der Waals surface area contributed by atoms with Crippen LogP contribution < -0.4 is 0 Å². The van der Waals surface area contributed by atoms with Gasteiger partial charge in [-0.2, -0.15) is 13.2 Å². The molecule has 0 aromatic carbocycles. The maximum atomic E-state index is 12.2. The highest BCUT2D eigenvalue weighted by molar-refractivity contribution is 6.74. The van der Waals surface area contributed by atoms with Crippen LogP contribution >= 0.6 is 0 Å². The van der Waals surface area contributed by atoms with E-state index in [-0.39, 0.29) is 11.6 Å². The summed E-state index contributed by atoms with van der Waals surface area (Å²) in [4.78, 5) is 0. The molecule has 0 fully saturated rings. The first kappa shape index (κ1) is 13.8.